The van der Waals surface area contributed by atoms with Crippen molar-refractivity contribution in [1.82, 2.24) is 0 Å². The molecule has 3 heteroatoms. The van der Waals surface area contributed by atoms with Gasteiger partial charge in [-0.05, 0) is 6.42 Å². The second-order valence-electron chi connectivity index (χ2n) is 5.48. The molecule has 0 saturated carbocycles. The summed E-state index contributed by atoms with van der Waals surface area (Å²) in [7, 11) is 0. The Hall–Kier alpha value is -0.730. The highest BCUT2D eigenvalue weighted by Gasteiger charge is 1.99. The molecule has 0 fully saturated rings. The number of hydrogen-bond acceptors (Lipinski definition) is 2. The fourth-order valence-corrected chi connectivity index (χ4v) is 2.34. The second-order valence-corrected chi connectivity index (χ2v) is 5.48. The molecule has 112 valence electrons. The van der Waals surface area contributed by atoms with Crippen LogP contribution in [-0.2, 0) is 4.79 Å². The predicted molar refractivity (Wildman–Crippen MR) is 81.1 cm³/mol. The zero-order valence-corrected chi connectivity index (χ0v) is 12.7. The lowest BCUT2D eigenvalue weighted by Crippen LogP contribution is -1.91. The number of unbranched alkanes of at least 4 members (excludes halogenated alkanes) is 12. The highest BCUT2D eigenvalue weighted by Crippen LogP contribution is 2.12. The maximum atomic E-state index is 10.6. The Labute approximate surface area is 118 Å². The first-order valence-electron chi connectivity index (χ1n) is 8.17. The molecular formula is C16H31NO2. The van der Waals surface area contributed by atoms with Crippen molar-refractivity contribution in [1.29, 1.82) is 0 Å². The van der Waals surface area contributed by atoms with Crippen LogP contribution in [0.2, 0.25) is 0 Å². The number of nitroso groups, excluding NO2 is 1. The van der Waals surface area contributed by atoms with E-state index in [0.717, 1.165) is 12.8 Å². The van der Waals surface area contributed by atoms with Crippen LogP contribution in [0.5, 0.6) is 0 Å². The zero-order chi connectivity index (χ0) is 14.2. The van der Waals surface area contributed by atoms with Crippen molar-refractivity contribution < 1.29 is 4.79 Å². The molecule has 0 atom stereocenters. The predicted octanol–water partition coefficient (Wildman–Crippen LogP) is 5.76. The van der Waals surface area contributed by atoms with E-state index in [4.69, 9.17) is 0 Å². The van der Waals surface area contributed by atoms with Crippen LogP contribution < -0.4 is 0 Å². The van der Waals surface area contributed by atoms with E-state index in [1.54, 1.807) is 0 Å². The van der Waals surface area contributed by atoms with E-state index < -0.39 is 5.91 Å². The van der Waals surface area contributed by atoms with Gasteiger partial charge in [-0.1, -0.05) is 84.0 Å². The number of hydrogen-bond donors (Lipinski definition) is 0. The first kappa shape index (κ1) is 18.3. The summed E-state index contributed by atoms with van der Waals surface area (Å²) in [6.07, 6.45) is 17.0. The quantitative estimate of drug-likeness (QED) is 0.297. The van der Waals surface area contributed by atoms with Crippen LogP contribution >= 0.6 is 0 Å². The highest BCUT2D eigenvalue weighted by molar-refractivity contribution is 5.76. The van der Waals surface area contributed by atoms with Crippen LogP contribution in [0, 0.1) is 4.91 Å². The van der Waals surface area contributed by atoms with Crippen LogP contribution in [0.3, 0.4) is 0 Å². The molecule has 0 spiro atoms. The number of nitrogens with zero attached hydrogens (tertiary/aromatic N) is 1. The molecule has 0 unspecified atom stereocenters. The van der Waals surface area contributed by atoms with Crippen LogP contribution in [0.4, 0.5) is 0 Å². The Kier molecular flexibility index (Phi) is 14.7. The van der Waals surface area contributed by atoms with Gasteiger partial charge in [-0.2, -0.15) is 0 Å². The van der Waals surface area contributed by atoms with E-state index in [2.05, 4.69) is 12.1 Å². The lowest BCUT2D eigenvalue weighted by atomic mass is 10.0. The molecule has 0 bridgehead atoms. The fraction of sp³-hybridized carbons (Fsp3) is 0.938. The van der Waals surface area contributed by atoms with Gasteiger partial charge in [0.05, 0.1) is 0 Å². The van der Waals surface area contributed by atoms with E-state index in [1.165, 1.54) is 70.6 Å². The second kappa shape index (κ2) is 15.3. The summed E-state index contributed by atoms with van der Waals surface area (Å²) >= 11 is 0. The van der Waals surface area contributed by atoms with Crippen molar-refractivity contribution in [2.75, 3.05) is 0 Å². The van der Waals surface area contributed by atoms with Crippen molar-refractivity contribution in [2.24, 2.45) is 5.18 Å². The SMILES string of the molecule is CCCCCCCCCCCCCCCC(=O)N=O. The average Bonchev–Trinajstić information content (AvgIpc) is 2.43. The first-order chi connectivity index (χ1) is 9.31. The maximum Gasteiger partial charge on any atom is 0.286 e. The zero-order valence-electron chi connectivity index (χ0n) is 12.7. The molecule has 3 nitrogen and oxygen atoms in total. The molecule has 0 radical (unpaired) electrons. The maximum absolute atomic E-state index is 10.6. The van der Waals surface area contributed by atoms with Gasteiger partial charge in [-0.3, -0.25) is 4.79 Å². The summed E-state index contributed by atoms with van der Waals surface area (Å²) < 4.78 is 0. The van der Waals surface area contributed by atoms with Gasteiger partial charge < -0.3 is 0 Å². The summed E-state index contributed by atoms with van der Waals surface area (Å²) in [6.45, 7) is 2.26. The smallest absolute Gasteiger partial charge is 0.269 e. The van der Waals surface area contributed by atoms with Gasteiger partial charge in [0, 0.05) is 11.6 Å². The van der Waals surface area contributed by atoms with Crippen molar-refractivity contribution in [2.45, 2.75) is 96.8 Å². The average molecular weight is 269 g/mol. The molecule has 0 aliphatic carbocycles. The minimum atomic E-state index is -0.497. The largest absolute Gasteiger partial charge is 0.286 e. The minimum Gasteiger partial charge on any atom is -0.269 e. The number of carbonyl (C=O) groups is 1. The third kappa shape index (κ3) is 15.2. The summed E-state index contributed by atoms with van der Waals surface area (Å²) in [5, 5.41) is 2.39. The van der Waals surface area contributed by atoms with Crippen LogP contribution in [-0.4, -0.2) is 5.91 Å². The van der Waals surface area contributed by atoms with Gasteiger partial charge in [0.2, 0.25) is 0 Å². The van der Waals surface area contributed by atoms with E-state index in [0.29, 0.717) is 6.42 Å². The van der Waals surface area contributed by atoms with E-state index >= 15 is 0 Å². The van der Waals surface area contributed by atoms with Crippen molar-refractivity contribution >= 4 is 5.91 Å². The molecule has 19 heavy (non-hydrogen) atoms. The molecule has 0 rings (SSSR count). The van der Waals surface area contributed by atoms with Gasteiger partial charge in [0.1, 0.15) is 0 Å². The third-order valence-electron chi connectivity index (χ3n) is 3.60. The van der Waals surface area contributed by atoms with Gasteiger partial charge in [0.25, 0.3) is 5.91 Å². The van der Waals surface area contributed by atoms with Gasteiger partial charge in [-0.25, -0.2) is 0 Å². The highest BCUT2D eigenvalue weighted by atomic mass is 16.3. The lowest BCUT2D eigenvalue weighted by Gasteiger charge is -2.02. The number of rotatable bonds is 14. The Morgan fingerprint density at radius 3 is 1.42 bits per heavy atom. The molecule has 1 amide bonds. The number of amides is 1. The number of carbonyl (C=O) groups excluding carboxylic acids is 1. The van der Waals surface area contributed by atoms with Crippen molar-refractivity contribution in [3.05, 3.63) is 4.91 Å². The van der Waals surface area contributed by atoms with Crippen LogP contribution in [0.15, 0.2) is 5.18 Å². The fourth-order valence-electron chi connectivity index (χ4n) is 2.34. The summed E-state index contributed by atoms with van der Waals surface area (Å²) in [5.41, 5.74) is 0. The molecule has 0 aromatic carbocycles. The first-order valence-corrected chi connectivity index (χ1v) is 8.17. The molecular weight excluding hydrogens is 238 g/mol. The molecule has 0 aliphatic rings. The van der Waals surface area contributed by atoms with Crippen LogP contribution in [0.1, 0.15) is 96.8 Å². The van der Waals surface area contributed by atoms with E-state index in [9.17, 15) is 9.70 Å². The summed E-state index contributed by atoms with van der Waals surface area (Å²) in [5.74, 6) is -0.497. The summed E-state index contributed by atoms with van der Waals surface area (Å²) in [4.78, 5) is 20.5. The molecule has 0 saturated heterocycles. The molecule has 0 aromatic rings. The van der Waals surface area contributed by atoms with Gasteiger partial charge in [0.15, 0.2) is 0 Å². The Morgan fingerprint density at radius 2 is 1.05 bits per heavy atom. The molecule has 0 heterocycles. The van der Waals surface area contributed by atoms with Gasteiger partial charge in [-0.15, -0.1) is 4.91 Å². The van der Waals surface area contributed by atoms with E-state index in [-0.39, 0.29) is 0 Å². The van der Waals surface area contributed by atoms with Crippen LogP contribution in [0.25, 0.3) is 0 Å². The molecule has 0 aliphatic heterocycles. The Balaban J connectivity index is 2.99. The Morgan fingerprint density at radius 1 is 0.684 bits per heavy atom. The molecule has 0 N–H and O–H groups in total. The Bertz CT molecular complexity index is 217. The molecule has 0 aromatic heterocycles. The minimum absolute atomic E-state index is 0.335. The third-order valence-corrected chi connectivity index (χ3v) is 3.60. The van der Waals surface area contributed by atoms with Crippen molar-refractivity contribution in [3.63, 3.8) is 0 Å². The topological polar surface area (TPSA) is 46.5 Å². The summed E-state index contributed by atoms with van der Waals surface area (Å²) in [6, 6.07) is 0. The lowest BCUT2D eigenvalue weighted by molar-refractivity contribution is -0.118. The van der Waals surface area contributed by atoms with Gasteiger partial charge >= 0.3 is 0 Å². The normalized spacial score (nSPS) is 10.6. The monoisotopic (exact) mass is 269 g/mol. The van der Waals surface area contributed by atoms with Crippen molar-refractivity contribution in [3.8, 4) is 0 Å². The van der Waals surface area contributed by atoms with E-state index in [1.807, 2.05) is 0 Å². The standard InChI is InChI=1S/C16H31NO2/c1-2-3-4-5-6-7-8-9-10-11-12-13-14-15-16(18)17-19/h2-15H2,1H3.